The Morgan fingerprint density at radius 3 is 2.44 bits per heavy atom. The van der Waals surface area contributed by atoms with E-state index in [0.717, 1.165) is 0 Å². The maximum absolute atomic E-state index is 12.3. The molecule has 0 spiro atoms. The van der Waals surface area contributed by atoms with Gasteiger partial charge in [-0.2, -0.15) is 13.2 Å². The normalized spacial score (nSPS) is 11.2. The number of nitrogens with zero attached hydrogens (tertiary/aromatic N) is 2. The van der Waals surface area contributed by atoms with Gasteiger partial charge >= 0.3 is 18.0 Å². The van der Waals surface area contributed by atoms with Gasteiger partial charge in [-0.1, -0.05) is 0 Å². The van der Waals surface area contributed by atoms with Crippen LogP contribution in [0.3, 0.4) is 0 Å². The van der Waals surface area contributed by atoms with Gasteiger partial charge in [0.05, 0.1) is 5.56 Å². The molecule has 0 bridgehead atoms. The number of halogens is 3. The number of alkyl halides is 3. The van der Waals surface area contributed by atoms with Crippen LogP contribution < -0.4 is 0 Å². The van der Waals surface area contributed by atoms with Crippen molar-refractivity contribution < 1.29 is 28.0 Å². The predicted octanol–water partition coefficient (Wildman–Crippen LogP) is 1.71. The summed E-state index contributed by atoms with van der Waals surface area (Å²) >= 11 is 0. The number of hydrogen-bond acceptors (Lipinski definition) is 4. The molecule has 0 amide bonds. The van der Waals surface area contributed by atoms with Gasteiger partial charge in [0.15, 0.2) is 6.20 Å². The molecule has 1 rings (SSSR count). The summed E-state index contributed by atoms with van der Waals surface area (Å²) in [4.78, 5) is 22.5. The molecule has 9 heteroatoms. The first-order valence-electron chi connectivity index (χ1n) is 3.68. The van der Waals surface area contributed by atoms with Crippen molar-refractivity contribution in [3.8, 4) is 0 Å². The first-order valence-corrected chi connectivity index (χ1v) is 3.68. The van der Waals surface area contributed by atoms with E-state index in [4.69, 9.17) is 5.11 Å². The van der Waals surface area contributed by atoms with Crippen molar-refractivity contribution in [1.82, 2.24) is 4.98 Å². The van der Waals surface area contributed by atoms with Crippen LogP contribution in [0.25, 0.3) is 0 Å². The largest absolute Gasteiger partial charge is 0.478 e. The molecule has 1 heterocycles. The second kappa shape index (κ2) is 3.76. The highest BCUT2D eigenvalue weighted by molar-refractivity contribution is 5.89. The quantitative estimate of drug-likeness (QED) is 0.623. The summed E-state index contributed by atoms with van der Waals surface area (Å²) in [6, 6.07) is 0.0868. The molecule has 0 unspecified atom stereocenters. The average molecular weight is 236 g/mol. The van der Waals surface area contributed by atoms with E-state index in [1.807, 2.05) is 0 Å². The Morgan fingerprint density at radius 2 is 2.06 bits per heavy atom. The van der Waals surface area contributed by atoms with Crippen molar-refractivity contribution in [3.05, 3.63) is 33.5 Å². The van der Waals surface area contributed by atoms with Crippen LogP contribution in [-0.4, -0.2) is 21.0 Å². The monoisotopic (exact) mass is 236 g/mol. The number of pyridine rings is 1. The third kappa shape index (κ3) is 2.24. The molecular weight excluding hydrogens is 233 g/mol. The maximum Gasteiger partial charge on any atom is 0.417 e. The van der Waals surface area contributed by atoms with Crippen molar-refractivity contribution in [2.45, 2.75) is 6.18 Å². The molecule has 0 aliphatic carbocycles. The first kappa shape index (κ1) is 11.9. The minimum absolute atomic E-state index is 0.0868. The van der Waals surface area contributed by atoms with Crippen LogP contribution in [0.5, 0.6) is 0 Å². The molecule has 0 radical (unpaired) electrons. The van der Waals surface area contributed by atoms with Gasteiger partial charge in [0, 0.05) is 6.07 Å². The van der Waals surface area contributed by atoms with Crippen LogP contribution in [0, 0.1) is 10.1 Å². The number of carboxylic acid groups (broad SMARTS) is 1. The van der Waals surface area contributed by atoms with Crippen LogP contribution >= 0.6 is 0 Å². The van der Waals surface area contributed by atoms with E-state index in [-0.39, 0.29) is 6.07 Å². The SMILES string of the molecule is O=C(O)c1cnc([N+](=O)[O-])cc1C(F)(F)F. The van der Waals surface area contributed by atoms with Gasteiger partial charge in [-0.3, -0.25) is 0 Å². The van der Waals surface area contributed by atoms with Crippen molar-refractivity contribution in [1.29, 1.82) is 0 Å². The zero-order valence-corrected chi connectivity index (χ0v) is 7.35. The lowest BCUT2D eigenvalue weighted by Crippen LogP contribution is -2.14. The molecule has 0 fully saturated rings. The van der Waals surface area contributed by atoms with E-state index in [9.17, 15) is 28.1 Å². The Morgan fingerprint density at radius 1 is 1.50 bits per heavy atom. The summed E-state index contributed by atoms with van der Waals surface area (Å²) in [5.74, 6) is -2.91. The summed E-state index contributed by atoms with van der Waals surface area (Å²) in [5.41, 5.74) is -2.72. The van der Waals surface area contributed by atoms with E-state index in [0.29, 0.717) is 6.20 Å². The summed E-state index contributed by atoms with van der Waals surface area (Å²) in [7, 11) is 0. The molecule has 1 aromatic heterocycles. The number of aromatic carboxylic acids is 1. The fraction of sp³-hybridized carbons (Fsp3) is 0.143. The fourth-order valence-corrected chi connectivity index (χ4v) is 0.949. The van der Waals surface area contributed by atoms with E-state index in [1.165, 1.54) is 0 Å². The zero-order valence-electron chi connectivity index (χ0n) is 7.35. The standard InChI is InChI=1S/C7H3F3N2O4/c8-7(9,10)4-1-5(12(15)16)11-2-3(4)6(13)14/h1-2H,(H,13,14). The number of carboxylic acids is 1. The molecule has 1 N–H and O–H groups in total. The molecular formula is C7H3F3N2O4. The van der Waals surface area contributed by atoms with E-state index < -0.39 is 34.0 Å². The molecule has 86 valence electrons. The Labute approximate surface area is 85.5 Å². The van der Waals surface area contributed by atoms with Gasteiger partial charge in [0.2, 0.25) is 0 Å². The Kier molecular flexibility index (Phi) is 2.79. The average Bonchev–Trinajstić information content (AvgIpc) is 2.15. The second-order valence-corrected chi connectivity index (χ2v) is 2.65. The van der Waals surface area contributed by atoms with Gasteiger partial charge in [-0.05, 0) is 9.91 Å². The molecule has 0 aliphatic heterocycles. The molecule has 16 heavy (non-hydrogen) atoms. The van der Waals surface area contributed by atoms with Crippen molar-refractivity contribution in [3.63, 3.8) is 0 Å². The summed E-state index contributed by atoms with van der Waals surface area (Å²) in [5, 5.41) is 18.6. The predicted molar refractivity (Wildman–Crippen MR) is 42.9 cm³/mol. The molecule has 0 aliphatic rings. The summed E-state index contributed by atoms with van der Waals surface area (Å²) < 4.78 is 37.0. The van der Waals surface area contributed by atoms with Crippen LogP contribution in [0.2, 0.25) is 0 Å². The Hall–Kier alpha value is -2.19. The van der Waals surface area contributed by atoms with Crippen LogP contribution in [0.4, 0.5) is 19.0 Å². The number of nitro groups is 1. The maximum atomic E-state index is 12.3. The van der Waals surface area contributed by atoms with Gasteiger partial charge < -0.3 is 15.2 Å². The minimum atomic E-state index is -4.98. The summed E-state index contributed by atoms with van der Waals surface area (Å²) in [6.07, 6.45) is -4.68. The van der Waals surface area contributed by atoms with Gasteiger partial charge in [0.1, 0.15) is 5.56 Å². The van der Waals surface area contributed by atoms with Gasteiger partial charge in [-0.15, -0.1) is 0 Å². The summed E-state index contributed by atoms with van der Waals surface area (Å²) in [6.45, 7) is 0. The minimum Gasteiger partial charge on any atom is -0.478 e. The number of aromatic nitrogens is 1. The van der Waals surface area contributed by atoms with Crippen molar-refractivity contribution in [2.75, 3.05) is 0 Å². The molecule has 1 aromatic rings. The van der Waals surface area contributed by atoms with Crippen molar-refractivity contribution in [2.24, 2.45) is 0 Å². The second-order valence-electron chi connectivity index (χ2n) is 2.65. The lowest BCUT2D eigenvalue weighted by atomic mass is 10.1. The lowest BCUT2D eigenvalue weighted by Gasteiger charge is -2.07. The number of hydrogen-bond donors (Lipinski definition) is 1. The van der Waals surface area contributed by atoms with Crippen LogP contribution in [0.15, 0.2) is 12.3 Å². The van der Waals surface area contributed by atoms with Crippen molar-refractivity contribution >= 4 is 11.8 Å². The third-order valence-electron chi connectivity index (χ3n) is 1.61. The highest BCUT2D eigenvalue weighted by Gasteiger charge is 2.38. The van der Waals surface area contributed by atoms with Crippen LogP contribution in [0.1, 0.15) is 15.9 Å². The highest BCUT2D eigenvalue weighted by atomic mass is 19.4. The van der Waals surface area contributed by atoms with E-state index >= 15 is 0 Å². The van der Waals surface area contributed by atoms with E-state index in [1.54, 1.807) is 0 Å². The van der Waals surface area contributed by atoms with E-state index in [2.05, 4.69) is 4.98 Å². The first-order chi connectivity index (χ1) is 7.23. The topological polar surface area (TPSA) is 93.3 Å². The molecule has 0 atom stereocenters. The molecule has 0 saturated heterocycles. The molecule has 6 nitrogen and oxygen atoms in total. The third-order valence-corrected chi connectivity index (χ3v) is 1.61. The molecule has 0 saturated carbocycles. The number of rotatable bonds is 2. The lowest BCUT2D eigenvalue weighted by molar-refractivity contribution is -0.389. The van der Waals surface area contributed by atoms with Gasteiger partial charge in [0.25, 0.3) is 0 Å². The van der Waals surface area contributed by atoms with Gasteiger partial charge in [-0.25, -0.2) is 4.79 Å². The zero-order chi connectivity index (χ0) is 12.5. The fourth-order valence-electron chi connectivity index (χ4n) is 0.949. The highest BCUT2D eigenvalue weighted by Crippen LogP contribution is 2.33. The van der Waals surface area contributed by atoms with Crippen LogP contribution in [-0.2, 0) is 6.18 Å². The molecule has 0 aromatic carbocycles. The Bertz CT molecular complexity index is 457. The number of carbonyl (C=O) groups is 1. The smallest absolute Gasteiger partial charge is 0.417 e. The Balaban J connectivity index is 3.45.